The lowest BCUT2D eigenvalue weighted by Gasteiger charge is -2.15. The van der Waals surface area contributed by atoms with E-state index in [9.17, 15) is 15.3 Å². The molecule has 5 heteroatoms. The molecule has 0 heterocycles. The fourth-order valence-electron chi connectivity index (χ4n) is 1.44. The molecule has 3 nitrogen and oxygen atoms in total. The first-order valence-electron chi connectivity index (χ1n) is 5.78. The summed E-state index contributed by atoms with van der Waals surface area (Å²) in [5.74, 6) is 0. The van der Waals surface area contributed by atoms with Crippen LogP contribution in [0, 0.1) is 0 Å². The van der Waals surface area contributed by atoms with Gasteiger partial charge in [0, 0.05) is 6.42 Å². The van der Waals surface area contributed by atoms with E-state index in [2.05, 4.69) is 0 Å². The van der Waals surface area contributed by atoms with Gasteiger partial charge in [-0.05, 0) is 32.1 Å². The minimum atomic E-state index is -0.564. The van der Waals surface area contributed by atoms with Crippen LogP contribution in [-0.4, -0.2) is 38.5 Å². The van der Waals surface area contributed by atoms with Crippen molar-refractivity contribution in [1.82, 2.24) is 0 Å². The molecule has 16 heavy (non-hydrogen) atoms. The van der Waals surface area contributed by atoms with E-state index in [1.807, 2.05) is 6.92 Å². The maximum Gasteiger partial charge on any atom is 0.110 e. The van der Waals surface area contributed by atoms with Gasteiger partial charge in [0.1, 0.15) is 4.84 Å². The van der Waals surface area contributed by atoms with E-state index < -0.39 is 17.0 Å². The molecule has 0 aromatic rings. The summed E-state index contributed by atoms with van der Waals surface area (Å²) in [6.45, 7) is 1.90. The molecule has 3 atom stereocenters. The van der Waals surface area contributed by atoms with E-state index in [-0.39, 0.29) is 6.10 Å². The van der Waals surface area contributed by atoms with Crippen molar-refractivity contribution in [2.75, 3.05) is 0 Å². The Bertz CT molecular complexity index is 167. The zero-order valence-corrected chi connectivity index (χ0v) is 11.2. The number of rotatable bonds is 9. The van der Waals surface area contributed by atoms with Gasteiger partial charge in [-0.2, -0.15) is 0 Å². The second-order valence-corrected chi connectivity index (χ2v) is 5.43. The number of aliphatic hydroxyl groups excluding tert-OH is 3. The van der Waals surface area contributed by atoms with E-state index >= 15 is 0 Å². The van der Waals surface area contributed by atoms with Gasteiger partial charge >= 0.3 is 0 Å². The topological polar surface area (TPSA) is 60.7 Å². The van der Waals surface area contributed by atoms with Gasteiger partial charge in [0.25, 0.3) is 0 Å². The highest BCUT2D eigenvalue weighted by Crippen LogP contribution is 2.16. The molecule has 0 aliphatic carbocycles. The Morgan fingerprint density at radius 1 is 0.812 bits per heavy atom. The normalized spacial score (nSPS) is 17.4. The maximum absolute atomic E-state index is 9.59. The molecule has 98 valence electrons. The molecule has 0 radical (unpaired) electrons. The van der Waals surface area contributed by atoms with Crippen LogP contribution in [0.15, 0.2) is 0 Å². The molecule has 0 saturated heterocycles. The van der Waals surface area contributed by atoms with E-state index in [0.717, 1.165) is 0 Å². The second-order valence-electron chi connectivity index (χ2n) is 4.15. The minimum absolute atomic E-state index is 0.327. The lowest BCUT2D eigenvalue weighted by Crippen LogP contribution is -2.17. The summed E-state index contributed by atoms with van der Waals surface area (Å²) in [7, 11) is 0. The third-order valence-electron chi connectivity index (χ3n) is 2.59. The predicted octanol–water partition coefficient (Wildman–Crippen LogP) is 2.23. The first kappa shape index (κ1) is 16.5. The van der Waals surface area contributed by atoms with Gasteiger partial charge in [0.15, 0.2) is 0 Å². The number of hydrogen-bond donors (Lipinski definition) is 3. The summed E-state index contributed by atoms with van der Waals surface area (Å²) in [5, 5.41) is 28.4. The van der Waals surface area contributed by atoms with E-state index in [0.29, 0.717) is 38.5 Å². The van der Waals surface area contributed by atoms with Gasteiger partial charge in [0.2, 0.25) is 0 Å². The summed E-state index contributed by atoms with van der Waals surface area (Å²) in [6.07, 6.45) is 1.81. The van der Waals surface area contributed by atoms with Gasteiger partial charge < -0.3 is 15.3 Å². The van der Waals surface area contributed by atoms with Gasteiger partial charge in [-0.3, -0.25) is 0 Å². The van der Waals surface area contributed by atoms with Crippen molar-refractivity contribution < 1.29 is 15.3 Å². The van der Waals surface area contributed by atoms with Crippen LogP contribution in [0.4, 0.5) is 0 Å². The van der Waals surface area contributed by atoms with Crippen LogP contribution in [0.2, 0.25) is 0 Å². The molecule has 0 aromatic heterocycles. The zero-order chi connectivity index (χ0) is 12.6. The van der Waals surface area contributed by atoms with Gasteiger partial charge in [-0.15, -0.1) is 23.2 Å². The first-order chi connectivity index (χ1) is 7.45. The van der Waals surface area contributed by atoms with Crippen molar-refractivity contribution in [3.8, 4) is 0 Å². The predicted molar refractivity (Wildman–Crippen MR) is 66.9 cm³/mol. The zero-order valence-electron chi connectivity index (χ0n) is 9.65. The third kappa shape index (κ3) is 9.67. The Morgan fingerprint density at radius 2 is 1.25 bits per heavy atom. The lowest BCUT2D eigenvalue weighted by molar-refractivity contribution is 0.0861. The molecule has 0 saturated carbocycles. The fraction of sp³-hybridized carbons (Fsp3) is 1.00. The molecule has 0 spiro atoms. The molecule has 3 N–H and O–H groups in total. The summed E-state index contributed by atoms with van der Waals surface area (Å²) in [6, 6.07) is 0. The van der Waals surface area contributed by atoms with Gasteiger partial charge in [0.05, 0.1) is 18.3 Å². The van der Waals surface area contributed by atoms with E-state index in [4.69, 9.17) is 23.2 Å². The first-order valence-corrected chi connectivity index (χ1v) is 6.65. The van der Waals surface area contributed by atoms with Crippen LogP contribution in [0.25, 0.3) is 0 Å². The van der Waals surface area contributed by atoms with Crippen molar-refractivity contribution in [1.29, 1.82) is 0 Å². The van der Waals surface area contributed by atoms with Gasteiger partial charge in [-0.1, -0.05) is 6.92 Å². The van der Waals surface area contributed by atoms with Crippen LogP contribution in [-0.2, 0) is 0 Å². The molecular formula is C11H22Cl2O3. The van der Waals surface area contributed by atoms with E-state index in [1.165, 1.54) is 0 Å². The average Bonchev–Trinajstić information content (AvgIpc) is 2.22. The summed E-state index contributed by atoms with van der Waals surface area (Å²) < 4.78 is 0. The summed E-state index contributed by atoms with van der Waals surface area (Å²) in [4.78, 5) is -0.561. The van der Waals surface area contributed by atoms with Crippen LogP contribution < -0.4 is 0 Å². The lowest BCUT2D eigenvalue weighted by atomic mass is 10.0. The third-order valence-corrected chi connectivity index (χ3v) is 2.94. The Balaban J connectivity index is 3.52. The highest BCUT2D eigenvalue weighted by molar-refractivity contribution is 6.44. The number of alkyl halides is 2. The van der Waals surface area contributed by atoms with E-state index in [1.54, 1.807) is 0 Å². The molecular weight excluding hydrogens is 251 g/mol. The fourth-order valence-corrected chi connectivity index (χ4v) is 1.85. The summed E-state index contributed by atoms with van der Waals surface area (Å²) in [5.41, 5.74) is 0. The SMILES string of the molecule is CCC(O)CCC(O)CCC(O)CC(Cl)Cl. The summed E-state index contributed by atoms with van der Waals surface area (Å²) >= 11 is 11.0. The minimum Gasteiger partial charge on any atom is -0.393 e. The maximum atomic E-state index is 9.59. The average molecular weight is 273 g/mol. The molecule has 0 aliphatic rings. The largest absolute Gasteiger partial charge is 0.393 e. The standard InChI is InChI=1S/C11H22Cl2O3/c1-2-8(14)3-4-9(15)5-6-10(16)7-11(12)13/h8-11,14-16H,2-7H2,1H3. The molecule has 0 aliphatic heterocycles. The van der Waals surface area contributed by atoms with Crippen LogP contribution in [0.1, 0.15) is 45.4 Å². The Hall–Kier alpha value is 0.460. The molecule has 3 unspecified atom stereocenters. The molecule has 0 aromatic carbocycles. The smallest absolute Gasteiger partial charge is 0.110 e. The number of aliphatic hydroxyl groups is 3. The van der Waals surface area contributed by atoms with Crippen LogP contribution >= 0.6 is 23.2 Å². The van der Waals surface area contributed by atoms with Crippen molar-refractivity contribution >= 4 is 23.2 Å². The Labute approximate surface area is 107 Å². The van der Waals surface area contributed by atoms with Crippen molar-refractivity contribution in [2.24, 2.45) is 0 Å². The highest BCUT2D eigenvalue weighted by atomic mass is 35.5. The molecule has 0 bridgehead atoms. The van der Waals surface area contributed by atoms with Crippen LogP contribution in [0.3, 0.4) is 0 Å². The molecule has 0 fully saturated rings. The monoisotopic (exact) mass is 272 g/mol. The number of halogens is 2. The molecule has 0 amide bonds. The quantitative estimate of drug-likeness (QED) is 0.565. The highest BCUT2D eigenvalue weighted by Gasteiger charge is 2.13. The van der Waals surface area contributed by atoms with Crippen molar-refractivity contribution in [2.45, 2.75) is 68.6 Å². The second kappa shape index (κ2) is 9.49. The Morgan fingerprint density at radius 3 is 1.69 bits per heavy atom. The van der Waals surface area contributed by atoms with Crippen LogP contribution in [0.5, 0.6) is 0 Å². The Kier molecular flexibility index (Phi) is 9.76. The molecule has 0 rings (SSSR count). The van der Waals surface area contributed by atoms with Crippen molar-refractivity contribution in [3.63, 3.8) is 0 Å². The number of hydrogen-bond acceptors (Lipinski definition) is 3. The van der Waals surface area contributed by atoms with Gasteiger partial charge in [-0.25, -0.2) is 0 Å². The van der Waals surface area contributed by atoms with Crippen molar-refractivity contribution in [3.05, 3.63) is 0 Å².